The largest absolute Gasteiger partial charge is 0.240 e. The third kappa shape index (κ3) is 2.55. The summed E-state index contributed by atoms with van der Waals surface area (Å²) in [6.45, 7) is 0. The fourth-order valence-corrected chi connectivity index (χ4v) is 1.68. The summed E-state index contributed by atoms with van der Waals surface area (Å²) in [6.07, 6.45) is 1.50. The van der Waals surface area contributed by atoms with Crippen molar-refractivity contribution in [1.29, 1.82) is 0 Å². The summed E-state index contributed by atoms with van der Waals surface area (Å²) in [4.78, 5) is 13.5. The Kier molecular flexibility index (Phi) is 3.66. The van der Waals surface area contributed by atoms with Gasteiger partial charge in [0.2, 0.25) is 6.08 Å². The predicted molar refractivity (Wildman–Crippen MR) is 54.6 cm³/mol. The van der Waals surface area contributed by atoms with Gasteiger partial charge in [0.25, 0.3) is 0 Å². The molecule has 0 aliphatic heterocycles. The Morgan fingerprint density at radius 2 is 2.17 bits per heavy atom. The van der Waals surface area contributed by atoms with Crippen molar-refractivity contribution >= 4 is 43.6 Å². The first-order chi connectivity index (χ1) is 5.76. The van der Waals surface area contributed by atoms with Crippen molar-refractivity contribution in [2.45, 2.75) is 5.33 Å². The molecule has 12 heavy (non-hydrogen) atoms. The third-order valence-corrected chi connectivity index (χ3v) is 2.38. The lowest BCUT2D eigenvalue weighted by atomic mass is 10.2. The van der Waals surface area contributed by atoms with Crippen molar-refractivity contribution in [1.82, 2.24) is 0 Å². The van der Waals surface area contributed by atoms with E-state index >= 15 is 0 Å². The van der Waals surface area contributed by atoms with Crippen LogP contribution in [-0.2, 0) is 10.1 Å². The fraction of sp³-hybridized carbons (Fsp3) is 0.125. The van der Waals surface area contributed by atoms with Crippen LogP contribution in [0.2, 0.25) is 0 Å². The number of aliphatic imine (C=N–C) groups is 1. The first-order valence-electron chi connectivity index (χ1n) is 3.19. The Hall–Kier alpha value is -0.440. The monoisotopic (exact) mass is 289 g/mol. The Morgan fingerprint density at radius 3 is 2.75 bits per heavy atom. The van der Waals surface area contributed by atoms with Crippen molar-refractivity contribution in [2.24, 2.45) is 4.99 Å². The maximum atomic E-state index is 9.97. The van der Waals surface area contributed by atoms with Crippen LogP contribution in [0.1, 0.15) is 5.56 Å². The zero-order chi connectivity index (χ0) is 8.97. The molecule has 0 radical (unpaired) electrons. The molecule has 0 aliphatic rings. The van der Waals surface area contributed by atoms with Crippen LogP contribution in [0, 0.1) is 0 Å². The zero-order valence-electron chi connectivity index (χ0n) is 6.05. The van der Waals surface area contributed by atoms with Gasteiger partial charge in [0.1, 0.15) is 0 Å². The molecule has 0 spiro atoms. The molecule has 0 bridgehead atoms. The minimum atomic E-state index is 0.619. The van der Waals surface area contributed by atoms with Gasteiger partial charge in [0.05, 0.1) is 5.69 Å². The molecular weight excluding hydrogens is 286 g/mol. The van der Waals surface area contributed by atoms with Crippen LogP contribution in [0.25, 0.3) is 0 Å². The molecule has 0 aliphatic carbocycles. The predicted octanol–water partition coefficient (Wildman–Crippen LogP) is 3.31. The number of halogens is 2. The lowest BCUT2D eigenvalue weighted by Crippen LogP contribution is -1.76. The molecule has 0 atom stereocenters. The lowest BCUT2D eigenvalue weighted by molar-refractivity contribution is 0.565. The summed E-state index contributed by atoms with van der Waals surface area (Å²) < 4.78 is 0.911. The second-order valence-corrected chi connectivity index (χ2v) is 3.63. The second-order valence-electron chi connectivity index (χ2n) is 2.15. The van der Waals surface area contributed by atoms with Gasteiger partial charge in [-0.05, 0) is 23.8 Å². The highest BCUT2D eigenvalue weighted by atomic mass is 79.9. The van der Waals surface area contributed by atoms with E-state index in [-0.39, 0.29) is 0 Å². The van der Waals surface area contributed by atoms with E-state index in [0.717, 1.165) is 15.4 Å². The normalized spacial score (nSPS) is 9.17. The number of benzene rings is 1. The van der Waals surface area contributed by atoms with Gasteiger partial charge in [-0.25, -0.2) is 4.79 Å². The van der Waals surface area contributed by atoms with E-state index in [9.17, 15) is 4.79 Å². The Balaban J connectivity index is 3.14. The van der Waals surface area contributed by atoms with Crippen LogP contribution in [0.4, 0.5) is 5.69 Å². The van der Waals surface area contributed by atoms with E-state index in [1.165, 1.54) is 6.08 Å². The number of hydrogen-bond acceptors (Lipinski definition) is 2. The van der Waals surface area contributed by atoms with Crippen LogP contribution in [0.3, 0.4) is 0 Å². The van der Waals surface area contributed by atoms with E-state index in [4.69, 9.17) is 0 Å². The number of nitrogens with zero attached hydrogens (tertiary/aromatic N) is 1. The molecule has 2 nitrogen and oxygen atoms in total. The summed E-state index contributed by atoms with van der Waals surface area (Å²) >= 11 is 6.63. The van der Waals surface area contributed by atoms with Crippen LogP contribution in [0.5, 0.6) is 0 Å². The van der Waals surface area contributed by atoms with Crippen LogP contribution in [-0.4, -0.2) is 6.08 Å². The maximum absolute atomic E-state index is 9.97. The first kappa shape index (κ1) is 9.65. The number of alkyl halides is 1. The highest BCUT2D eigenvalue weighted by Gasteiger charge is 1.96. The number of isocyanates is 1. The van der Waals surface area contributed by atoms with Crippen molar-refractivity contribution in [2.75, 3.05) is 0 Å². The summed E-state index contributed by atoms with van der Waals surface area (Å²) in [5.41, 5.74) is 1.69. The molecule has 1 rings (SSSR count). The van der Waals surface area contributed by atoms with Crippen LogP contribution in [0.15, 0.2) is 27.7 Å². The molecule has 62 valence electrons. The van der Waals surface area contributed by atoms with Gasteiger partial charge in [-0.1, -0.05) is 31.9 Å². The van der Waals surface area contributed by atoms with Crippen molar-refractivity contribution in [3.63, 3.8) is 0 Å². The minimum Gasteiger partial charge on any atom is -0.211 e. The molecule has 1 aromatic rings. The molecule has 0 N–H and O–H groups in total. The Labute approximate surface area is 87.0 Å². The van der Waals surface area contributed by atoms with E-state index in [0.29, 0.717) is 5.69 Å². The average Bonchev–Trinajstić information content (AvgIpc) is 2.04. The topological polar surface area (TPSA) is 29.4 Å². The molecule has 0 fully saturated rings. The quantitative estimate of drug-likeness (QED) is 0.467. The third-order valence-electron chi connectivity index (χ3n) is 1.27. The van der Waals surface area contributed by atoms with E-state index in [2.05, 4.69) is 36.9 Å². The molecule has 0 saturated heterocycles. The van der Waals surface area contributed by atoms with E-state index < -0.39 is 0 Å². The average molecular weight is 291 g/mol. The van der Waals surface area contributed by atoms with Crippen LogP contribution < -0.4 is 0 Å². The standard InChI is InChI=1S/C8H5Br2NO/c9-4-6-1-7(10)3-8(2-6)11-5-12/h1-3H,4H2. The molecule has 0 heterocycles. The molecule has 0 saturated carbocycles. The highest BCUT2D eigenvalue weighted by Crippen LogP contribution is 2.22. The molecular formula is C8H5Br2NO. The Morgan fingerprint density at radius 1 is 1.42 bits per heavy atom. The number of hydrogen-bond donors (Lipinski definition) is 0. The first-order valence-corrected chi connectivity index (χ1v) is 5.11. The van der Waals surface area contributed by atoms with Crippen molar-refractivity contribution in [3.05, 3.63) is 28.2 Å². The molecule has 0 aromatic heterocycles. The highest BCUT2D eigenvalue weighted by molar-refractivity contribution is 9.10. The van der Waals surface area contributed by atoms with Gasteiger partial charge in [0.15, 0.2) is 0 Å². The van der Waals surface area contributed by atoms with E-state index in [1.807, 2.05) is 12.1 Å². The minimum absolute atomic E-state index is 0.619. The van der Waals surface area contributed by atoms with Gasteiger partial charge in [-0.15, -0.1) is 0 Å². The van der Waals surface area contributed by atoms with Crippen molar-refractivity contribution < 1.29 is 4.79 Å². The Bertz CT molecular complexity index is 332. The second kappa shape index (κ2) is 4.55. The SMILES string of the molecule is O=C=Nc1cc(Br)cc(CBr)c1. The van der Waals surface area contributed by atoms with Crippen LogP contribution >= 0.6 is 31.9 Å². The number of carbonyl (C=O) groups excluding carboxylic acids is 1. The van der Waals surface area contributed by atoms with Gasteiger partial charge in [-0.2, -0.15) is 4.99 Å². The zero-order valence-corrected chi connectivity index (χ0v) is 9.22. The maximum Gasteiger partial charge on any atom is 0.240 e. The lowest BCUT2D eigenvalue weighted by Gasteiger charge is -1.97. The van der Waals surface area contributed by atoms with Gasteiger partial charge in [-0.3, -0.25) is 0 Å². The number of rotatable bonds is 2. The molecule has 0 amide bonds. The fourth-order valence-electron chi connectivity index (χ4n) is 0.828. The summed E-state index contributed by atoms with van der Waals surface area (Å²) in [7, 11) is 0. The molecule has 4 heteroatoms. The molecule has 1 aromatic carbocycles. The van der Waals surface area contributed by atoms with E-state index in [1.54, 1.807) is 6.07 Å². The summed E-state index contributed by atoms with van der Waals surface area (Å²) in [5, 5.41) is 0.744. The summed E-state index contributed by atoms with van der Waals surface area (Å²) in [5.74, 6) is 0. The van der Waals surface area contributed by atoms with Gasteiger partial charge >= 0.3 is 0 Å². The van der Waals surface area contributed by atoms with Crippen molar-refractivity contribution in [3.8, 4) is 0 Å². The molecule has 0 unspecified atom stereocenters. The van der Waals surface area contributed by atoms with Gasteiger partial charge in [0, 0.05) is 9.80 Å². The smallest absolute Gasteiger partial charge is 0.211 e. The summed E-state index contributed by atoms with van der Waals surface area (Å²) in [6, 6.07) is 5.54. The van der Waals surface area contributed by atoms with Gasteiger partial charge < -0.3 is 0 Å².